The first-order valence-corrected chi connectivity index (χ1v) is 9.07. The minimum absolute atomic E-state index is 0.152. The van der Waals surface area contributed by atoms with Crippen molar-refractivity contribution in [1.29, 1.82) is 0 Å². The van der Waals surface area contributed by atoms with E-state index < -0.39 is 0 Å². The molecule has 0 saturated heterocycles. The van der Waals surface area contributed by atoms with Gasteiger partial charge in [0.05, 0.1) is 12.4 Å². The van der Waals surface area contributed by atoms with Crippen molar-refractivity contribution in [1.82, 2.24) is 9.97 Å². The Morgan fingerprint density at radius 2 is 1.85 bits per heavy atom. The van der Waals surface area contributed by atoms with Gasteiger partial charge in [0.15, 0.2) is 0 Å². The van der Waals surface area contributed by atoms with E-state index in [4.69, 9.17) is 0 Å². The molecule has 0 atom stereocenters. The highest BCUT2D eigenvalue weighted by molar-refractivity contribution is 6.04. The summed E-state index contributed by atoms with van der Waals surface area (Å²) < 4.78 is 0. The zero-order chi connectivity index (χ0) is 19.2. The van der Waals surface area contributed by atoms with Crippen LogP contribution in [0.5, 0.6) is 0 Å². The van der Waals surface area contributed by atoms with E-state index >= 15 is 0 Å². The van der Waals surface area contributed by atoms with Crippen LogP contribution in [0.25, 0.3) is 0 Å². The van der Waals surface area contributed by atoms with Gasteiger partial charge in [-0.15, -0.1) is 0 Å². The van der Waals surface area contributed by atoms with Crippen LogP contribution in [0.2, 0.25) is 0 Å². The molecule has 1 aromatic heterocycles. The number of hydrogen-bond acceptors (Lipinski definition) is 4. The predicted molar refractivity (Wildman–Crippen MR) is 109 cm³/mol. The van der Waals surface area contributed by atoms with Crippen molar-refractivity contribution in [2.75, 3.05) is 16.8 Å². The fourth-order valence-corrected chi connectivity index (χ4v) is 2.90. The van der Waals surface area contributed by atoms with Gasteiger partial charge in [0.2, 0.25) is 0 Å². The van der Waals surface area contributed by atoms with E-state index in [1.54, 1.807) is 11.1 Å². The first-order valence-electron chi connectivity index (χ1n) is 9.07. The van der Waals surface area contributed by atoms with Gasteiger partial charge < -0.3 is 10.2 Å². The van der Waals surface area contributed by atoms with Crippen molar-refractivity contribution in [2.45, 2.75) is 27.3 Å². The third kappa shape index (κ3) is 4.50. The second kappa shape index (κ2) is 8.45. The minimum atomic E-state index is -0.152. The lowest BCUT2D eigenvalue weighted by molar-refractivity contribution is 0.0983. The lowest BCUT2D eigenvalue weighted by Gasteiger charge is -2.21. The Labute approximate surface area is 160 Å². The van der Waals surface area contributed by atoms with Crippen molar-refractivity contribution >= 4 is 17.4 Å². The quantitative estimate of drug-likeness (QED) is 0.709. The largest absolute Gasteiger partial charge is 0.365 e. The number of benzene rings is 2. The number of carbonyl (C=O) groups is 1. The zero-order valence-electron chi connectivity index (χ0n) is 15.9. The highest BCUT2D eigenvalue weighted by Gasteiger charge is 2.18. The van der Waals surface area contributed by atoms with Gasteiger partial charge in [0.1, 0.15) is 11.5 Å². The zero-order valence-corrected chi connectivity index (χ0v) is 15.9. The Morgan fingerprint density at radius 1 is 1.04 bits per heavy atom. The van der Waals surface area contributed by atoms with Gasteiger partial charge in [-0.25, -0.2) is 9.97 Å². The van der Waals surface area contributed by atoms with E-state index in [0.29, 0.717) is 24.6 Å². The minimum Gasteiger partial charge on any atom is -0.365 e. The summed E-state index contributed by atoms with van der Waals surface area (Å²) in [6.45, 7) is 7.27. The summed E-state index contributed by atoms with van der Waals surface area (Å²) in [4.78, 5) is 23.2. The molecular weight excluding hydrogens is 336 g/mol. The second-order valence-corrected chi connectivity index (χ2v) is 6.46. The van der Waals surface area contributed by atoms with E-state index in [1.807, 2.05) is 50.2 Å². The summed E-state index contributed by atoms with van der Waals surface area (Å²) in [6.07, 6.45) is 3.14. The molecule has 0 bridgehead atoms. The molecule has 138 valence electrons. The summed E-state index contributed by atoms with van der Waals surface area (Å²) in [7, 11) is 0. The average Bonchev–Trinajstić information content (AvgIpc) is 2.68. The van der Waals surface area contributed by atoms with Gasteiger partial charge >= 0.3 is 0 Å². The van der Waals surface area contributed by atoms with Gasteiger partial charge in [-0.2, -0.15) is 0 Å². The molecule has 5 nitrogen and oxygen atoms in total. The number of amides is 1. The number of aryl methyl sites for hydroxylation is 2. The van der Waals surface area contributed by atoms with Crippen LogP contribution in [0.15, 0.2) is 60.9 Å². The lowest BCUT2D eigenvalue weighted by Crippen LogP contribution is -2.31. The number of nitrogens with zero attached hydrogens (tertiary/aromatic N) is 3. The first-order chi connectivity index (χ1) is 13.1. The molecule has 0 aliphatic rings. The number of nitrogens with one attached hydrogen (secondary N) is 1. The summed E-state index contributed by atoms with van der Waals surface area (Å²) in [5.74, 6) is 0.495. The number of anilines is 2. The van der Waals surface area contributed by atoms with Crippen LogP contribution in [0, 0.1) is 13.8 Å². The molecule has 0 spiro atoms. The fourth-order valence-electron chi connectivity index (χ4n) is 2.90. The average molecular weight is 360 g/mol. The summed E-state index contributed by atoms with van der Waals surface area (Å²) in [5, 5.41) is 3.25. The molecule has 3 aromatic rings. The topological polar surface area (TPSA) is 58.1 Å². The van der Waals surface area contributed by atoms with Crippen LogP contribution in [0.3, 0.4) is 0 Å². The number of rotatable bonds is 6. The first kappa shape index (κ1) is 18.6. The van der Waals surface area contributed by atoms with Crippen molar-refractivity contribution in [3.8, 4) is 0 Å². The van der Waals surface area contributed by atoms with Crippen LogP contribution in [0.1, 0.15) is 34.1 Å². The van der Waals surface area contributed by atoms with Gasteiger partial charge in [-0.05, 0) is 49.6 Å². The SMILES string of the molecule is CCN(C(=O)c1cnc(NCc2ccccc2C)cn1)c1cccc(C)c1. The van der Waals surface area contributed by atoms with Crippen molar-refractivity contribution in [3.63, 3.8) is 0 Å². The number of aromatic nitrogens is 2. The maximum Gasteiger partial charge on any atom is 0.278 e. The summed E-state index contributed by atoms with van der Waals surface area (Å²) >= 11 is 0. The molecule has 0 saturated carbocycles. The maximum atomic E-state index is 12.8. The molecule has 0 unspecified atom stereocenters. The second-order valence-electron chi connectivity index (χ2n) is 6.46. The molecule has 5 heteroatoms. The molecule has 27 heavy (non-hydrogen) atoms. The Bertz CT molecular complexity index is 922. The molecule has 1 heterocycles. The van der Waals surface area contributed by atoms with Crippen molar-refractivity contribution in [2.24, 2.45) is 0 Å². The normalized spacial score (nSPS) is 10.5. The smallest absolute Gasteiger partial charge is 0.278 e. The summed E-state index contributed by atoms with van der Waals surface area (Å²) in [6, 6.07) is 16.1. The molecule has 0 aliphatic heterocycles. The number of hydrogen-bond donors (Lipinski definition) is 1. The van der Waals surface area contributed by atoms with Crippen LogP contribution >= 0.6 is 0 Å². The molecule has 0 fully saturated rings. The molecule has 2 aromatic carbocycles. The maximum absolute atomic E-state index is 12.8. The van der Waals surface area contributed by atoms with E-state index in [-0.39, 0.29) is 5.91 Å². The Hall–Kier alpha value is -3.21. The van der Waals surface area contributed by atoms with Crippen LogP contribution < -0.4 is 10.2 Å². The molecule has 0 radical (unpaired) electrons. The van der Waals surface area contributed by atoms with Crippen LogP contribution in [-0.4, -0.2) is 22.4 Å². The van der Waals surface area contributed by atoms with Crippen LogP contribution in [0.4, 0.5) is 11.5 Å². The van der Waals surface area contributed by atoms with Crippen LogP contribution in [-0.2, 0) is 6.54 Å². The van der Waals surface area contributed by atoms with Gasteiger partial charge in [0.25, 0.3) is 5.91 Å². The lowest BCUT2D eigenvalue weighted by atomic mass is 10.1. The third-order valence-corrected chi connectivity index (χ3v) is 4.47. The fraction of sp³-hybridized carbons (Fsp3) is 0.227. The molecule has 1 amide bonds. The Morgan fingerprint density at radius 3 is 2.52 bits per heavy atom. The molecule has 3 rings (SSSR count). The Kier molecular flexibility index (Phi) is 5.81. The van der Waals surface area contributed by atoms with Crippen molar-refractivity contribution < 1.29 is 4.79 Å². The molecular formula is C22H24N4O. The summed E-state index contributed by atoms with van der Waals surface area (Å²) in [5.41, 5.74) is 4.74. The highest BCUT2D eigenvalue weighted by Crippen LogP contribution is 2.18. The van der Waals surface area contributed by atoms with E-state index in [9.17, 15) is 4.79 Å². The van der Waals surface area contributed by atoms with E-state index in [2.05, 4.69) is 34.3 Å². The molecule has 0 aliphatic carbocycles. The standard InChI is InChI=1S/C22H24N4O/c1-4-26(19-11-7-8-16(2)12-19)22(27)20-14-25-21(15-23-20)24-13-18-10-6-5-9-17(18)3/h5-12,14-15H,4,13H2,1-3H3,(H,24,25). The van der Waals surface area contributed by atoms with E-state index in [0.717, 1.165) is 11.3 Å². The van der Waals surface area contributed by atoms with Gasteiger partial charge in [-0.1, -0.05) is 36.4 Å². The van der Waals surface area contributed by atoms with Gasteiger partial charge in [0, 0.05) is 18.8 Å². The predicted octanol–water partition coefficient (Wildman–Crippen LogP) is 4.37. The number of carbonyl (C=O) groups excluding carboxylic acids is 1. The monoisotopic (exact) mass is 360 g/mol. The highest BCUT2D eigenvalue weighted by atomic mass is 16.2. The third-order valence-electron chi connectivity index (χ3n) is 4.47. The van der Waals surface area contributed by atoms with Gasteiger partial charge in [-0.3, -0.25) is 4.79 Å². The molecule has 1 N–H and O–H groups in total. The van der Waals surface area contributed by atoms with E-state index in [1.165, 1.54) is 17.3 Å². The Balaban J connectivity index is 1.70. The van der Waals surface area contributed by atoms with Crippen molar-refractivity contribution in [3.05, 3.63) is 83.3 Å².